The molecule has 0 radical (unpaired) electrons. The zero-order valence-corrected chi connectivity index (χ0v) is 15.3. The minimum atomic E-state index is -0.0659. The van der Waals surface area contributed by atoms with Crippen molar-refractivity contribution in [2.24, 2.45) is 0 Å². The molecule has 130 valence electrons. The highest BCUT2D eigenvalue weighted by Gasteiger charge is 2.38. The summed E-state index contributed by atoms with van der Waals surface area (Å²) >= 11 is 0. The van der Waals surface area contributed by atoms with Gasteiger partial charge in [0.2, 0.25) is 0 Å². The molecule has 0 saturated carbocycles. The van der Waals surface area contributed by atoms with Gasteiger partial charge in [0.05, 0.1) is 0 Å². The average molecular weight is 334 g/mol. The summed E-state index contributed by atoms with van der Waals surface area (Å²) in [6.45, 7) is 6.98. The molecule has 1 atom stereocenters. The molecule has 25 heavy (non-hydrogen) atoms. The summed E-state index contributed by atoms with van der Waals surface area (Å²) in [4.78, 5) is 17.1. The van der Waals surface area contributed by atoms with Crippen LogP contribution in [0.25, 0.3) is 0 Å². The fraction of sp³-hybridized carbons (Fsp3) is 0.318. The van der Waals surface area contributed by atoms with Crippen LogP contribution in [0.5, 0.6) is 0 Å². The third-order valence-corrected chi connectivity index (χ3v) is 4.92. The van der Waals surface area contributed by atoms with Gasteiger partial charge in [-0.25, -0.2) is 0 Å². The van der Waals surface area contributed by atoms with Crippen LogP contribution in [-0.2, 0) is 4.79 Å². The number of carbonyl (C=O) groups excluding carboxylic acids is 1. The molecule has 2 aromatic carbocycles. The quantitative estimate of drug-likeness (QED) is 0.731. The van der Waals surface area contributed by atoms with Crippen molar-refractivity contribution in [2.45, 2.75) is 39.8 Å². The van der Waals surface area contributed by atoms with Gasteiger partial charge in [0.1, 0.15) is 6.17 Å². The monoisotopic (exact) mass is 334 g/mol. The van der Waals surface area contributed by atoms with E-state index < -0.39 is 0 Å². The van der Waals surface area contributed by atoms with Gasteiger partial charge in [0, 0.05) is 23.5 Å². The van der Waals surface area contributed by atoms with Crippen molar-refractivity contribution in [1.29, 1.82) is 0 Å². The van der Waals surface area contributed by atoms with Crippen LogP contribution in [0.15, 0.2) is 71.8 Å². The second-order valence-electron chi connectivity index (χ2n) is 6.57. The first kappa shape index (κ1) is 17.3. The molecule has 1 aliphatic rings. The number of nitrogens with zero attached hydrogens (tertiary/aromatic N) is 2. The summed E-state index contributed by atoms with van der Waals surface area (Å²) in [5, 5.41) is 0. The lowest BCUT2D eigenvalue weighted by Gasteiger charge is -2.38. The average Bonchev–Trinajstić information content (AvgIpc) is 2.86. The first-order valence-electron chi connectivity index (χ1n) is 9.02. The van der Waals surface area contributed by atoms with Gasteiger partial charge in [-0.2, -0.15) is 0 Å². The molecule has 0 bridgehead atoms. The third-order valence-electron chi connectivity index (χ3n) is 4.92. The number of amides is 1. The largest absolute Gasteiger partial charge is 0.317 e. The van der Waals surface area contributed by atoms with Crippen molar-refractivity contribution < 1.29 is 4.79 Å². The van der Waals surface area contributed by atoms with Crippen LogP contribution in [0.2, 0.25) is 0 Å². The highest BCUT2D eigenvalue weighted by molar-refractivity contribution is 5.98. The molecule has 1 heterocycles. The van der Waals surface area contributed by atoms with Crippen molar-refractivity contribution >= 4 is 17.3 Å². The van der Waals surface area contributed by atoms with E-state index >= 15 is 0 Å². The summed E-state index contributed by atoms with van der Waals surface area (Å²) in [7, 11) is 0. The Bertz CT molecular complexity index is 713. The molecule has 3 rings (SSSR count). The molecule has 1 unspecified atom stereocenters. The van der Waals surface area contributed by atoms with E-state index in [4.69, 9.17) is 0 Å². The maximum absolute atomic E-state index is 12.8. The maximum Gasteiger partial charge on any atom is 0.251 e. The van der Waals surface area contributed by atoms with Crippen LogP contribution in [0.1, 0.15) is 33.6 Å². The number of unbranched alkanes of at least 4 members (excludes halogenated alkanes) is 1. The molecule has 0 aromatic heterocycles. The van der Waals surface area contributed by atoms with Gasteiger partial charge in [0.25, 0.3) is 5.91 Å². The SMILES string of the molecule is CCCCN1C(=O)C(C)=C(C)C1N(c1ccccc1)c1ccccc1. The lowest BCUT2D eigenvalue weighted by atomic mass is 10.1. The smallest absolute Gasteiger partial charge is 0.251 e. The molecule has 3 nitrogen and oxygen atoms in total. The fourth-order valence-electron chi connectivity index (χ4n) is 3.42. The highest BCUT2D eigenvalue weighted by Crippen LogP contribution is 2.36. The van der Waals surface area contributed by atoms with Gasteiger partial charge in [-0.15, -0.1) is 0 Å². The van der Waals surface area contributed by atoms with Crippen LogP contribution in [-0.4, -0.2) is 23.5 Å². The second-order valence-corrected chi connectivity index (χ2v) is 6.57. The predicted octanol–water partition coefficient (Wildman–Crippen LogP) is 5.13. The topological polar surface area (TPSA) is 23.6 Å². The Balaban J connectivity index is 2.09. The van der Waals surface area contributed by atoms with Crippen molar-refractivity contribution in [2.75, 3.05) is 11.4 Å². The van der Waals surface area contributed by atoms with E-state index in [1.807, 2.05) is 48.2 Å². The van der Waals surface area contributed by atoms with E-state index in [9.17, 15) is 4.79 Å². The molecular weight excluding hydrogens is 308 g/mol. The molecule has 0 fully saturated rings. The molecule has 0 saturated heterocycles. The number of hydrogen-bond donors (Lipinski definition) is 0. The highest BCUT2D eigenvalue weighted by atomic mass is 16.2. The van der Waals surface area contributed by atoms with E-state index in [0.29, 0.717) is 0 Å². The fourth-order valence-corrected chi connectivity index (χ4v) is 3.42. The van der Waals surface area contributed by atoms with E-state index in [1.54, 1.807) is 0 Å². The Morgan fingerprint density at radius 2 is 1.44 bits per heavy atom. The minimum Gasteiger partial charge on any atom is -0.317 e. The zero-order chi connectivity index (χ0) is 17.8. The van der Waals surface area contributed by atoms with E-state index in [2.05, 4.69) is 43.0 Å². The Kier molecular flexibility index (Phi) is 5.22. The summed E-state index contributed by atoms with van der Waals surface area (Å²) in [6, 6.07) is 20.7. The molecule has 2 aromatic rings. The normalized spacial score (nSPS) is 17.3. The van der Waals surface area contributed by atoms with Crippen molar-refractivity contribution in [1.82, 2.24) is 4.90 Å². The van der Waals surface area contributed by atoms with Crippen LogP contribution < -0.4 is 4.90 Å². The number of para-hydroxylation sites is 2. The van der Waals surface area contributed by atoms with Crippen LogP contribution >= 0.6 is 0 Å². The maximum atomic E-state index is 12.8. The van der Waals surface area contributed by atoms with Gasteiger partial charge in [0.15, 0.2) is 0 Å². The first-order valence-corrected chi connectivity index (χ1v) is 9.02. The van der Waals surface area contributed by atoms with E-state index in [-0.39, 0.29) is 12.1 Å². The number of rotatable bonds is 6. The van der Waals surface area contributed by atoms with Crippen LogP contribution in [0.4, 0.5) is 11.4 Å². The van der Waals surface area contributed by atoms with Crippen LogP contribution in [0.3, 0.4) is 0 Å². The standard InChI is InChI=1S/C22H26N2O/c1-4-5-16-23-21(17(2)18(3)22(23)25)24(19-12-8-6-9-13-19)20-14-10-7-11-15-20/h6-15,21H,4-5,16H2,1-3H3. The Labute approximate surface area is 150 Å². The molecule has 3 heteroatoms. The molecular formula is C22H26N2O. The van der Waals surface area contributed by atoms with E-state index in [1.165, 1.54) is 0 Å². The van der Waals surface area contributed by atoms with Gasteiger partial charge in [-0.1, -0.05) is 49.7 Å². The number of anilines is 2. The molecule has 0 spiro atoms. The second kappa shape index (κ2) is 7.56. The Morgan fingerprint density at radius 1 is 0.920 bits per heavy atom. The summed E-state index contributed by atoms with van der Waals surface area (Å²) in [5.41, 5.74) is 4.20. The molecule has 1 aliphatic heterocycles. The summed E-state index contributed by atoms with van der Waals surface area (Å²) < 4.78 is 0. The zero-order valence-electron chi connectivity index (χ0n) is 15.3. The van der Waals surface area contributed by atoms with Crippen molar-refractivity contribution in [3.8, 4) is 0 Å². The number of carbonyl (C=O) groups is 1. The van der Waals surface area contributed by atoms with Gasteiger partial charge < -0.3 is 9.80 Å². The Hall–Kier alpha value is -2.55. The first-order chi connectivity index (χ1) is 12.1. The third kappa shape index (κ3) is 3.32. The number of benzene rings is 2. The molecule has 1 amide bonds. The number of hydrogen-bond acceptors (Lipinski definition) is 2. The predicted molar refractivity (Wildman–Crippen MR) is 104 cm³/mol. The molecule has 0 N–H and O–H groups in total. The summed E-state index contributed by atoms with van der Waals surface area (Å²) in [5.74, 6) is 0.160. The Morgan fingerprint density at radius 3 is 1.92 bits per heavy atom. The van der Waals surface area contributed by atoms with Crippen LogP contribution in [0, 0.1) is 0 Å². The van der Waals surface area contributed by atoms with Gasteiger partial charge >= 0.3 is 0 Å². The lowest BCUT2D eigenvalue weighted by Crippen LogP contribution is -2.46. The van der Waals surface area contributed by atoms with Crippen molar-refractivity contribution in [3.63, 3.8) is 0 Å². The van der Waals surface area contributed by atoms with Gasteiger partial charge in [-0.3, -0.25) is 4.79 Å². The minimum absolute atomic E-state index is 0.0659. The molecule has 0 aliphatic carbocycles. The van der Waals surface area contributed by atoms with Crippen molar-refractivity contribution in [3.05, 3.63) is 71.8 Å². The summed E-state index contributed by atoms with van der Waals surface area (Å²) in [6.07, 6.45) is 2.02. The lowest BCUT2D eigenvalue weighted by molar-refractivity contribution is -0.126. The van der Waals surface area contributed by atoms with E-state index in [0.717, 1.165) is 41.9 Å². The van der Waals surface area contributed by atoms with Gasteiger partial charge in [-0.05, 0) is 50.1 Å².